The lowest BCUT2D eigenvalue weighted by molar-refractivity contribution is -0.120. The van der Waals surface area contributed by atoms with E-state index in [0.717, 1.165) is 35.9 Å². The second kappa shape index (κ2) is 12.4. The molecule has 4 heterocycles. The molecule has 2 aliphatic rings. The molecule has 40 heavy (non-hydrogen) atoms. The molecule has 0 spiro atoms. The molecule has 3 aromatic heterocycles. The average molecular weight is 558 g/mol. The number of nitrogens with zero attached hydrogens (tertiary/aromatic N) is 4. The number of halogens is 1. The van der Waals surface area contributed by atoms with Crippen LogP contribution in [0.15, 0.2) is 67.1 Å². The van der Waals surface area contributed by atoms with Crippen molar-refractivity contribution in [2.75, 3.05) is 11.9 Å². The summed E-state index contributed by atoms with van der Waals surface area (Å²) in [5, 5.41) is 3.41. The van der Waals surface area contributed by atoms with Gasteiger partial charge in [-0.2, -0.15) is 0 Å². The summed E-state index contributed by atoms with van der Waals surface area (Å²) < 4.78 is 1.89. The standard InChI is InChI=1S/C22H24ClN3O2.C9H8N2O/c23-16-9-10-18-19(12-16)25-21(27)20(13-17-8-4-5-11-24-17)26(22(18)28)14-15-6-2-1-3-7-15;1-11-5-7(6-12)9-8(11)3-2-4-10-9/h4-5,8-12,15,20H,1-3,6-7,13-14H2,(H,25,27);2-6H,1H3. The fourth-order valence-corrected chi connectivity index (χ4v) is 5.74. The molecule has 1 fully saturated rings. The highest BCUT2D eigenvalue weighted by Gasteiger charge is 2.37. The third-order valence-electron chi connectivity index (χ3n) is 7.62. The number of nitrogens with one attached hydrogen (secondary N) is 1. The predicted octanol–water partition coefficient (Wildman–Crippen LogP) is 5.71. The maximum absolute atomic E-state index is 13.4. The van der Waals surface area contributed by atoms with Crippen molar-refractivity contribution in [2.45, 2.75) is 44.6 Å². The quantitative estimate of drug-likeness (QED) is 0.317. The molecule has 206 valence electrons. The Hall–Kier alpha value is -4.04. The van der Waals surface area contributed by atoms with Crippen LogP contribution in [0, 0.1) is 5.92 Å². The Morgan fingerprint density at radius 1 is 1.02 bits per heavy atom. The van der Waals surface area contributed by atoms with Crippen LogP contribution in [-0.2, 0) is 18.3 Å². The van der Waals surface area contributed by atoms with Gasteiger partial charge in [0.2, 0.25) is 5.91 Å². The van der Waals surface area contributed by atoms with Gasteiger partial charge < -0.3 is 14.8 Å². The number of aldehydes is 1. The third kappa shape index (κ3) is 6.07. The van der Waals surface area contributed by atoms with Crippen LogP contribution >= 0.6 is 11.6 Å². The van der Waals surface area contributed by atoms with Crippen molar-refractivity contribution in [2.24, 2.45) is 13.0 Å². The molecule has 8 nitrogen and oxygen atoms in total. The van der Waals surface area contributed by atoms with Crippen LogP contribution in [-0.4, -0.2) is 50.1 Å². The van der Waals surface area contributed by atoms with Crippen molar-refractivity contribution in [3.63, 3.8) is 0 Å². The van der Waals surface area contributed by atoms with E-state index in [2.05, 4.69) is 15.3 Å². The van der Waals surface area contributed by atoms with E-state index in [9.17, 15) is 14.4 Å². The highest BCUT2D eigenvalue weighted by Crippen LogP contribution is 2.31. The lowest BCUT2D eigenvalue weighted by atomic mass is 9.88. The van der Waals surface area contributed by atoms with Crippen molar-refractivity contribution >= 4 is 46.4 Å². The van der Waals surface area contributed by atoms with E-state index in [1.807, 2.05) is 41.9 Å². The van der Waals surface area contributed by atoms with Gasteiger partial charge in [0.25, 0.3) is 5.91 Å². The molecule has 9 heteroatoms. The van der Waals surface area contributed by atoms with Gasteiger partial charge in [-0.15, -0.1) is 0 Å². The normalized spacial score (nSPS) is 17.4. The van der Waals surface area contributed by atoms with Crippen molar-refractivity contribution in [1.82, 2.24) is 19.4 Å². The Morgan fingerprint density at radius 2 is 1.82 bits per heavy atom. The van der Waals surface area contributed by atoms with Crippen molar-refractivity contribution in [3.05, 3.63) is 89.0 Å². The molecule has 4 aromatic rings. The molecule has 1 N–H and O–H groups in total. The number of carbonyl (C=O) groups excluding carboxylic acids is 3. The first-order chi connectivity index (χ1) is 19.4. The van der Waals surface area contributed by atoms with Gasteiger partial charge in [0.1, 0.15) is 6.04 Å². The van der Waals surface area contributed by atoms with E-state index < -0.39 is 6.04 Å². The summed E-state index contributed by atoms with van der Waals surface area (Å²) in [5.41, 5.74) is 4.19. The number of carbonyl (C=O) groups is 3. The molecule has 1 unspecified atom stereocenters. The zero-order chi connectivity index (χ0) is 28.1. The van der Waals surface area contributed by atoms with Crippen LogP contribution in [0.3, 0.4) is 0 Å². The van der Waals surface area contributed by atoms with Crippen molar-refractivity contribution in [3.8, 4) is 0 Å². The molecule has 0 saturated heterocycles. The minimum atomic E-state index is -0.587. The number of benzene rings is 1. The molecule has 1 aromatic carbocycles. The Balaban J connectivity index is 0.000000223. The van der Waals surface area contributed by atoms with E-state index in [-0.39, 0.29) is 11.8 Å². The van der Waals surface area contributed by atoms with Gasteiger partial charge in [-0.25, -0.2) is 0 Å². The Kier molecular flexibility index (Phi) is 8.55. The zero-order valence-corrected chi connectivity index (χ0v) is 23.2. The number of hydrogen-bond donors (Lipinski definition) is 1. The SMILES string of the molecule is Cn1cc(C=O)c2ncccc21.O=C1Nc2cc(Cl)ccc2C(=O)N(CC2CCCCC2)C1Cc1ccccn1. The largest absolute Gasteiger partial charge is 0.348 e. The van der Waals surface area contributed by atoms with Gasteiger partial charge in [0.15, 0.2) is 6.29 Å². The number of amides is 2. The molecule has 0 radical (unpaired) electrons. The van der Waals surface area contributed by atoms with E-state index in [4.69, 9.17) is 11.6 Å². The summed E-state index contributed by atoms with van der Waals surface area (Å²) in [6, 6.07) is 13.9. The predicted molar refractivity (Wildman–Crippen MR) is 156 cm³/mol. The maximum Gasteiger partial charge on any atom is 0.256 e. The van der Waals surface area contributed by atoms with Crippen LogP contribution in [0.1, 0.15) is 58.5 Å². The molecule has 1 aliphatic heterocycles. The van der Waals surface area contributed by atoms with Crippen LogP contribution in [0.2, 0.25) is 5.02 Å². The Bertz CT molecular complexity index is 1510. The lowest BCUT2D eigenvalue weighted by Gasteiger charge is -2.33. The number of aryl methyl sites for hydroxylation is 1. The van der Waals surface area contributed by atoms with E-state index in [1.165, 1.54) is 19.3 Å². The number of rotatable bonds is 5. The minimum absolute atomic E-state index is 0.114. The van der Waals surface area contributed by atoms with Crippen molar-refractivity contribution in [1.29, 1.82) is 0 Å². The molecule has 0 bridgehead atoms. The van der Waals surface area contributed by atoms with E-state index in [1.54, 1.807) is 41.7 Å². The summed E-state index contributed by atoms with van der Waals surface area (Å²) in [7, 11) is 1.90. The fourth-order valence-electron chi connectivity index (χ4n) is 5.57. The second-order valence-electron chi connectivity index (χ2n) is 10.4. The maximum atomic E-state index is 13.4. The Labute approximate surface area is 238 Å². The van der Waals surface area contributed by atoms with Crippen molar-refractivity contribution < 1.29 is 14.4 Å². The summed E-state index contributed by atoms with van der Waals surface area (Å²) in [5.74, 6) is 0.137. The summed E-state index contributed by atoms with van der Waals surface area (Å²) in [6.45, 7) is 0.603. The van der Waals surface area contributed by atoms with E-state index >= 15 is 0 Å². The highest BCUT2D eigenvalue weighted by molar-refractivity contribution is 6.31. The lowest BCUT2D eigenvalue weighted by Crippen LogP contribution is -2.48. The number of anilines is 1. The van der Waals surface area contributed by atoms with E-state index in [0.29, 0.717) is 40.7 Å². The van der Waals surface area contributed by atoms with Gasteiger partial charge >= 0.3 is 0 Å². The highest BCUT2D eigenvalue weighted by atomic mass is 35.5. The van der Waals surface area contributed by atoms with Crippen LogP contribution in [0.25, 0.3) is 11.0 Å². The number of aromatic nitrogens is 3. The first-order valence-electron chi connectivity index (χ1n) is 13.6. The molecule has 1 atom stereocenters. The summed E-state index contributed by atoms with van der Waals surface area (Å²) in [6.07, 6.45) is 12.3. The molecule has 1 aliphatic carbocycles. The number of fused-ring (bicyclic) bond motifs is 2. The summed E-state index contributed by atoms with van der Waals surface area (Å²) in [4.78, 5) is 47.4. The molecule has 1 saturated carbocycles. The van der Waals surface area contributed by atoms with Gasteiger partial charge in [-0.3, -0.25) is 24.4 Å². The molecule has 2 amide bonds. The second-order valence-corrected chi connectivity index (χ2v) is 10.8. The zero-order valence-electron chi connectivity index (χ0n) is 22.4. The third-order valence-corrected chi connectivity index (χ3v) is 7.85. The van der Waals surface area contributed by atoms with Gasteiger partial charge in [0.05, 0.1) is 27.8 Å². The molecule has 6 rings (SSSR count). The monoisotopic (exact) mass is 557 g/mol. The van der Waals surface area contributed by atoms with Gasteiger partial charge in [-0.1, -0.05) is 36.9 Å². The average Bonchev–Trinajstić information content (AvgIpc) is 3.27. The fraction of sp³-hybridized carbons (Fsp3) is 0.323. The smallest absolute Gasteiger partial charge is 0.256 e. The Morgan fingerprint density at radius 3 is 2.58 bits per heavy atom. The van der Waals surface area contributed by atoms with Crippen LogP contribution < -0.4 is 5.32 Å². The van der Waals surface area contributed by atoms with Gasteiger partial charge in [-0.05, 0) is 61.2 Å². The molecular formula is C31H32ClN5O3. The van der Waals surface area contributed by atoms with Crippen LogP contribution in [0.4, 0.5) is 5.69 Å². The number of pyridine rings is 2. The first-order valence-corrected chi connectivity index (χ1v) is 14.0. The first kappa shape index (κ1) is 27.5. The minimum Gasteiger partial charge on any atom is -0.348 e. The van der Waals surface area contributed by atoms with Gasteiger partial charge in [0, 0.05) is 49.3 Å². The topological polar surface area (TPSA) is 97.2 Å². The molecular weight excluding hydrogens is 526 g/mol. The number of hydrogen-bond acceptors (Lipinski definition) is 5. The summed E-state index contributed by atoms with van der Waals surface area (Å²) >= 11 is 6.10. The van der Waals surface area contributed by atoms with Crippen LogP contribution in [0.5, 0.6) is 0 Å².